The molecule has 0 unspecified atom stereocenters. The van der Waals surface area contributed by atoms with Crippen LogP contribution in [0.4, 0.5) is 17.1 Å². The second kappa shape index (κ2) is 13.6. The van der Waals surface area contributed by atoms with Crippen LogP contribution in [0.15, 0.2) is 224 Å². The third kappa shape index (κ3) is 5.51. The maximum atomic E-state index is 2.44. The summed E-state index contributed by atoms with van der Waals surface area (Å²) in [5.74, 6) is 0. The summed E-state index contributed by atoms with van der Waals surface area (Å²) in [6.07, 6.45) is 0. The van der Waals surface area contributed by atoms with E-state index in [2.05, 4.69) is 238 Å². The van der Waals surface area contributed by atoms with Crippen LogP contribution < -0.4 is 4.90 Å². The highest BCUT2D eigenvalue weighted by Crippen LogP contribution is 2.42. The Morgan fingerprint density at radius 1 is 0.281 bits per heavy atom. The zero-order valence-corrected chi connectivity index (χ0v) is 31.2. The number of anilines is 3. The van der Waals surface area contributed by atoms with E-state index < -0.39 is 0 Å². The van der Waals surface area contributed by atoms with E-state index in [-0.39, 0.29) is 0 Å². The normalized spacial score (nSPS) is 11.5. The number of rotatable bonds is 7. The molecule has 0 bridgehead atoms. The summed E-state index contributed by atoms with van der Waals surface area (Å²) in [5.41, 5.74) is 15.0. The standard InChI is InChI=1S/C54H37N3/c1-4-17-41(18-5-1)55(42-19-6-2-7-20-42)44-33-31-38(32-34-44)39-35-40(37-45(36-39)56-51-28-13-10-23-47(51)48-24-11-14-29-52(48)56)46-26-16-27-50-49-25-12-15-30-53(49)57(54(46)50)43-21-8-3-9-22-43/h1-37H. The number of hydrogen-bond acceptors (Lipinski definition) is 1. The molecule has 2 aromatic heterocycles. The van der Waals surface area contributed by atoms with Crippen LogP contribution in [0.2, 0.25) is 0 Å². The van der Waals surface area contributed by atoms with E-state index in [0.29, 0.717) is 0 Å². The van der Waals surface area contributed by atoms with Gasteiger partial charge in [-0.25, -0.2) is 0 Å². The van der Waals surface area contributed by atoms with Gasteiger partial charge in [0.15, 0.2) is 0 Å². The van der Waals surface area contributed by atoms with Crippen molar-refractivity contribution in [2.45, 2.75) is 0 Å². The molecule has 57 heavy (non-hydrogen) atoms. The van der Waals surface area contributed by atoms with Crippen LogP contribution in [-0.2, 0) is 0 Å². The van der Waals surface area contributed by atoms with Crippen molar-refractivity contribution in [3.63, 3.8) is 0 Å². The lowest BCUT2D eigenvalue weighted by molar-refractivity contribution is 1.17. The highest BCUT2D eigenvalue weighted by atomic mass is 15.1. The lowest BCUT2D eigenvalue weighted by Crippen LogP contribution is -2.09. The van der Waals surface area contributed by atoms with Crippen molar-refractivity contribution < 1.29 is 0 Å². The maximum Gasteiger partial charge on any atom is 0.0619 e. The van der Waals surface area contributed by atoms with Crippen LogP contribution in [0.5, 0.6) is 0 Å². The van der Waals surface area contributed by atoms with Crippen molar-refractivity contribution in [3.05, 3.63) is 224 Å². The minimum atomic E-state index is 1.10. The molecule has 9 aromatic carbocycles. The van der Waals surface area contributed by atoms with Gasteiger partial charge < -0.3 is 14.0 Å². The van der Waals surface area contributed by atoms with E-state index in [0.717, 1.165) is 45.1 Å². The first kappa shape index (κ1) is 32.8. The first-order valence-electron chi connectivity index (χ1n) is 19.5. The summed E-state index contributed by atoms with van der Waals surface area (Å²) in [7, 11) is 0. The topological polar surface area (TPSA) is 13.1 Å². The molecule has 0 atom stereocenters. The lowest BCUT2D eigenvalue weighted by Gasteiger charge is -2.25. The van der Waals surface area contributed by atoms with Gasteiger partial charge in [-0.1, -0.05) is 140 Å². The summed E-state index contributed by atoms with van der Waals surface area (Å²) < 4.78 is 4.87. The van der Waals surface area contributed by atoms with E-state index >= 15 is 0 Å². The smallest absolute Gasteiger partial charge is 0.0619 e. The molecular formula is C54H37N3. The minimum Gasteiger partial charge on any atom is -0.311 e. The summed E-state index contributed by atoms with van der Waals surface area (Å²) in [6, 6.07) is 81.1. The van der Waals surface area contributed by atoms with Crippen molar-refractivity contribution >= 4 is 60.7 Å². The van der Waals surface area contributed by atoms with E-state index in [9.17, 15) is 0 Å². The molecule has 0 radical (unpaired) electrons. The molecule has 2 heterocycles. The molecule has 0 spiro atoms. The zero-order chi connectivity index (χ0) is 37.7. The van der Waals surface area contributed by atoms with Crippen LogP contribution in [-0.4, -0.2) is 9.13 Å². The lowest BCUT2D eigenvalue weighted by atomic mass is 9.96. The molecule has 0 aliphatic heterocycles. The van der Waals surface area contributed by atoms with Gasteiger partial charge in [0.25, 0.3) is 0 Å². The van der Waals surface area contributed by atoms with Gasteiger partial charge in [-0.15, -0.1) is 0 Å². The molecule has 0 amide bonds. The Morgan fingerprint density at radius 3 is 1.33 bits per heavy atom. The molecule has 11 rings (SSSR count). The zero-order valence-electron chi connectivity index (χ0n) is 31.2. The molecule has 0 saturated carbocycles. The van der Waals surface area contributed by atoms with Crippen molar-refractivity contribution in [2.75, 3.05) is 4.90 Å². The van der Waals surface area contributed by atoms with Gasteiger partial charge in [-0.3, -0.25) is 0 Å². The quantitative estimate of drug-likeness (QED) is 0.159. The monoisotopic (exact) mass is 727 g/mol. The highest BCUT2D eigenvalue weighted by molar-refractivity contribution is 6.14. The van der Waals surface area contributed by atoms with Crippen LogP contribution >= 0.6 is 0 Å². The third-order valence-corrected chi connectivity index (χ3v) is 11.3. The molecule has 3 heteroatoms. The Bertz CT molecular complexity index is 3120. The van der Waals surface area contributed by atoms with Crippen molar-refractivity contribution in [2.24, 2.45) is 0 Å². The number of aromatic nitrogens is 2. The highest BCUT2D eigenvalue weighted by Gasteiger charge is 2.20. The molecule has 0 N–H and O–H groups in total. The Kier molecular flexibility index (Phi) is 7.82. The summed E-state index contributed by atoms with van der Waals surface area (Å²) >= 11 is 0. The number of para-hydroxylation sites is 7. The van der Waals surface area contributed by atoms with Gasteiger partial charge in [0.05, 0.1) is 22.1 Å². The van der Waals surface area contributed by atoms with Gasteiger partial charge in [-0.05, 0) is 102 Å². The summed E-state index contributed by atoms with van der Waals surface area (Å²) in [4.78, 5) is 2.31. The molecule has 0 saturated heterocycles. The van der Waals surface area contributed by atoms with Gasteiger partial charge in [0.1, 0.15) is 0 Å². The second-order valence-corrected chi connectivity index (χ2v) is 14.6. The molecule has 268 valence electrons. The molecule has 0 aliphatic rings. The summed E-state index contributed by atoms with van der Waals surface area (Å²) in [6.45, 7) is 0. The number of fused-ring (bicyclic) bond motifs is 6. The molecule has 11 aromatic rings. The Balaban J connectivity index is 1.16. The fourth-order valence-corrected chi connectivity index (χ4v) is 8.76. The van der Waals surface area contributed by atoms with E-state index in [1.54, 1.807) is 0 Å². The predicted octanol–water partition coefficient (Wildman–Crippen LogP) is 14.7. The van der Waals surface area contributed by atoms with Crippen molar-refractivity contribution in [1.82, 2.24) is 9.13 Å². The third-order valence-electron chi connectivity index (χ3n) is 11.3. The number of benzene rings is 9. The molecular weight excluding hydrogens is 691 g/mol. The average molecular weight is 728 g/mol. The summed E-state index contributed by atoms with van der Waals surface area (Å²) in [5, 5.41) is 4.98. The SMILES string of the molecule is c1ccc(N(c2ccccc2)c2ccc(-c3cc(-c4cccc5c6ccccc6n(-c6ccccc6)c45)cc(-n4c5ccccc5c5ccccc54)c3)cc2)cc1. The van der Waals surface area contributed by atoms with Crippen LogP contribution in [0.3, 0.4) is 0 Å². The van der Waals surface area contributed by atoms with E-state index in [4.69, 9.17) is 0 Å². The maximum absolute atomic E-state index is 2.44. The first-order chi connectivity index (χ1) is 28.3. The van der Waals surface area contributed by atoms with E-state index in [1.807, 2.05) is 0 Å². The number of nitrogens with zero attached hydrogens (tertiary/aromatic N) is 3. The van der Waals surface area contributed by atoms with Crippen molar-refractivity contribution in [1.29, 1.82) is 0 Å². The van der Waals surface area contributed by atoms with Crippen LogP contribution in [0, 0.1) is 0 Å². The minimum absolute atomic E-state index is 1.10. The molecule has 3 nitrogen and oxygen atoms in total. The Labute approximate surface area is 331 Å². The molecule has 0 aliphatic carbocycles. The fraction of sp³-hybridized carbons (Fsp3) is 0. The average Bonchev–Trinajstić information content (AvgIpc) is 3.81. The largest absolute Gasteiger partial charge is 0.311 e. The first-order valence-corrected chi connectivity index (χ1v) is 19.5. The van der Waals surface area contributed by atoms with Crippen molar-refractivity contribution in [3.8, 4) is 33.6 Å². The van der Waals surface area contributed by atoms with Gasteiger partial charge in [0.2, 0.25) is 0 Å². The predicted molar refractivity (Wildman–Crippen MR) is 241 cm³/mol. The Morgan fingerprint density at radius 2 is 0.737 bits per heavy atom. The Hall–Kier alpha value is -7.62. The molecule has 0 fully saturated rings. The van der Waals surface area contributed by atoms with E-state index in [1.165, 1.54) is 49.2 Å². The van der Waals surface area contributed by atoms with Crippen LogP contribution in [0.25, 0.3) is 77.2 Å². The second-order valence-electron chi connectivity index (χ2n) is 14.6. The number of hydrogen-bond donors (Lipinski definition) is 0. The van der Waals surface area contributed by atoms with Gasteiger partial charge in [0, 0.05) is 55.5 Å². The van der Waals surface area contributed by atoms with Gasteiger partial charge in [-0.2, -0.15) is 0 Å². The fourth-order valence-electron chi connectivity index (χ4n) is 8.76. The van der Waals surface area contributed by atoms with Gasteiger partial charge >= 0.3 is 0 Å². The van der Waals surface area contributed by atoms with Crippen LogP contribution in [0.1, 0.15) is 0 Å².